The molecule has 0 amide bonds. The molecule has 1 aromatic carbocycles. The van der Waals surface area contributed by atoms with Gasteiger partial charge in [-0.15, -0.1) is 0 Å². The number of piperidine rings is 1. The average molecular weight is 472 g/mol. The van der Waals surface area contributed by atoms with Gasteiger partial charge in [0.05, 0.1) is 19.5 Å². The van der Waals surface area contributed by atoms with Gasteiger partial charge in [-0.3, -0.25) is 0 Å². The Balaban J connectivity index is 1.22. The smallest absolute Gasteiger partial charge is 0.229 e. The van der Waals surface area contributed by atoms with Crippen LogP contribution in [-0.2, 0) is 4.74 Å². The number of rotatable bonds is 6. The molecule has 2 aliphatic rings. The van der Waals surface area contributed by atoms with Crippen LogP contribution in [0.4, 0.5) is 23.1 Å². The van der Waals surface area contributed by atoms with Gasteiger partial charge in [-0.1, -0.05) is 0 Å². The van der Waals surface area contributed by atoms with Crippen molar-refractivity contribution in [2.24, 2.45) is 0 Å². The van der Waals surface area contributed by atoms with E-state index in [2.05, 4.69) is 52.9 Å². The molecule has 0 bridgehead atoms. The lowest BCUT2D eigenvalue weighted by Crippen LogP contribution is -2.38. The molecule has 180 valence electrons. The van der Waals surface area contributed by atoms with E-state index in [0.717, 1.165) is 74.1 Å². The Kier molecular flexibility index (Phi) is 6.12. The first kappa shape index (κ1) is 21.8. The molecule has 35 heavy (non-hydrogen) atoms. The highest BCUT2D eigenvalue weighted by molar-refractivity contribution is 5.88. The maximum absolute atomic E-state index is 5.45. The highest BCUT2D eigenvalue weighted by Gasteiger charge is 2.16. The number of anilines is 4. The lowest BCUT2D eigenvalue weighted by molar-refractivity contribution is 0.122. The normalized spacial score (nSPS) is 18.5. The highest BCUT2D eigenvalue weighted by atomic mass is 16.5. The molecular formula is C25H29N9O. The monoisotopic (exact) mass is 471 g/mol. The van der Waals surface area contributed by atoms with Crippen LogP contribution in [0.2, 0.25) is 0 Å². The summed E-state index contributed by atoms with van der Waals surface area (Å²) < 4.78 is 5.45. The first-order valence-electron chi connectivity index (χ1n) is 12.2. The number of aromatic amines is 1. The summed E-state index contributed by atoms with van der Waals surface area (Å²) in [6.45, 7) is 5.41. The van der Waals surface area contributed by atoms with Crippen LogP contribution < -0.4 is 20.9 Å². The molecule has 10 nitrogen and oxygen atoms in total. The number of hydrogen-bond donors (Lipinski definition) is 4. The second kappa shape index (κ2) is 9.85. The van der Waals surface area contributed by atoms with Crippen LogP contribution in [0.1, 0.15) is 12.8 Å². The molecule has 1 atom stereocenters. The third-order valence-corrected chi connectivity index (χ3v) is 6.46. The standard InChI is InChI=1S/C25H29N9O/c1-2-19(15-26-9-1)30-21-8-3-17(14-27-21)22-23-24(29-16-28-23)33-25(32-22)31-18-4-6-20(7-5-18)34-10-12-35-13-11-34/h3-8,14,16,19,26H,1-2,9-13,15H2,(H,27,30)(H2,28,29,31,32,33). The number of H-pyrrole nitrogens is 1. The van der Waals surface area contributed by atoms with Crippen molar-refractivity contribution in [2.75, 3.05) is 54.9 Å². The van der Waals surface area contributed by atoms with Crippen molar-refractivity contribution >= 4 is 34.3 Å². The Morgan fingerprint density at radius 3 is 2.66 bits per heavy atom. The largest absolute Gasteiger partial charge is 0.378 e. The Morgan fingerprint density at radius 2 is 1.89 bits per heavy atom. The topological polar surface area (TPSA) is 116 Å². The van der Waals surface area contributed by atoms with Gasteiger partial charge in [0.15, 0.2) is 5.65 Å². The fraction of sp³-hybridized carbons (Fsp3) is 0.360. The summed E-state index contributed by atoms with van der Waals surface area (Å²) in [5, 5.41) is 10.3. The quantitative estimate of drug-likeness (QED) is 0.336. The predicted octanol–water partition coefficient (Wildman–Crippen LogP) is 3.16. The van der Waals surface area contributed by atoms with E-state index in [1.54, 1.807) is 6.33 Å². The van der Waals surface area contributed by atoms with Crippen molar-refractivity contribution in [3.8, 4) is 11.3 Å². The van der Waals surface area contributed by atoms with Crippen LogP contribution in [0.3, 0.4) is 0 Å². The molecule has 0 saturated carbocycles. The van der Waals surface area contributed by atoms with E-state index in [1.807, 2.05) is 30.5 Å². The molecule has 0 radical (unpaired) electrons. The van der Waals surface area contributed by atoms with Crippen molar-refractivity contribution in [1.29, 1.82) is 0 Å². The first-order valence-corrected chi connectivity index (χ1v) is 12.2. The summed E-state index contributed by atoms with van der Waals surface area (Å²) in [6, 6.07) is 12.8. The van der Waals surface area contributed by atoms with Crippen LogP contribution in [0.5, 0.6) is 0 Å². The molecular weight excluding hydrogens is 442 g/mol. The molecule has 4 aromatic rings. The number of morpholine rings is 1. The fourth-order valence-electron chi connectivity index (χ4n) is 4.60. The van der Waals surface area contributed by atoms with Crippen molar-refractivity contribution in [3.05, 3.63) is 48.9 Å². The molecule has 3 aromatic heterocycles. The van der Waals surface area contributed by atoms with Crippen LogP contribution >= 0.6 is 0 Å². The number of nitrogens with one attached hydrogen (secondary N) is 4. The number of hydrogen-bond acceptors (Lipinski definition) is 9. The SMILES string of the molecule is c1nc2c(-c3ccc(NC4CCCNC4)nc3)nc(Nc3ccc(N4CCOCC4)cc3)nc2[nH]1. The summed E-state index contributed by atoms with van der Waals surface area (Å²) in [5.74, 6) is 1.37. The molecule has 2 fully saturated rings. The molecule has 2 saturated heterocycles. The van der Waals surface area contributed by atoms with Gasteiger partial charge in [-0.2, -0.15) is 4.98 Å². The van der Waals surface area contributed by atoms with Crippen LogP contribution in [0.15, 0.2) is 48.9 Å². The molecule has 2 aliphatic heterocycles. The van der Waals surface area contributed by atoms with E-state index >= 15 is 0 Å². The number of nitrogens with zero attached hydrogens (tertiary/aromatic N) is 5. The van der Waals surface area contributed by atoms with Gasteiger partial charge < -0.3 is 30.6 Å². The molecule has 4 N–H and O–H groups in total. The van der Waals surface area contributed by atoms with Gasteiger partial charge in [0.25, 0.3) is 0 Å². The Morgan fingerprint density at radius 1 is 1.00 bits per heavy atom. The van der Waals surface area contributed by atoms with Crippen LogP contribution in [0.25, 0.3) is 22.4 Å². The number of benzene rings is 1. The van der Waals surface area contributed by atoms with E-state index in [1.165, 1.54) is 12.1 Å². The van der Waals surface area contributed by atoms with Crippen molar-refractivity contribution < 1.29 is 4.74 Å². The number of fused-ring (bicyclic) bond motifs is 1. The molecule has 10 heteroatoms. The van der Waals surface area contributed by atoms with E-state index < -0.39 is 0 Å². The van der Waals surface area contributed by atoms with Crippen LogP contribution in [0, 0.1) is 0 Å². The van der Waals surface area contributed by atoms with E-state index in [9.17, 15) is 0 Å². The average Bonchev–Trinajstić information content (AvgIpc) is 3.39. The Bertz CT molecular complexity index is 1260. The molecule has 0 aliphatic carbocycles. The van der Waals surface area contributed by atoms with Gasteiger partial charge in [0.1, 0.15) is 17.0 Å². The zero-order valence-electron chi connectivity index (χ0n) is 19.5. The summed E-state index contributed by atoms with van der Waals surface area (Å²) in [4.78, 5) is 23.9. The van der Waals surface area contributed by atoms with Gasteiger partial charge in [0, 0.05) is 48.8 Å². The predicted molar refractivity (Wildman–Crippen MR) is 137 cm³/mol. The minimum atomic E-state index is 0.407. The lowest BCUT2D eigenvalue weighted by Gasteiger charge is -2.28. The maximum atomic E-state index is 5.45. The van der Waals surface area contributed by atoms with Crippen molar-refractivity contribution in [2.45, 2.75) is 18.9 Å². The van der Waals surface area contributed by atoms with Crippen molar-refractivity contribution in [1.82, 2.24) is 30.2 Å². The highest BCUT2D eigenvalue weighted by Crippen LogP contribution is 2.27. The number of ether oxygens (including phenoxy) is 1. The second-order valence-corrected chi connectivity index (χ2v) is 8.89. The van der Waals surface area contributed by atoms with Gasteiger partial charge >= 0.3 is 0 Å². The van der Waals surface area contributed by atoms with E-state index in [-0.39, 0.29) is 0 Å². The fourth-order valence-corrected chi connectivity index (χ4v) is 4.60. The molecule has 1 unspecified atom stereocenters. The minimum absolute atomic E-state index is 0.407. The molecule has 0 spiro atoms. The van der Waals surface area contributed by atoms with Gasteiger partial charge in [0.2, 0.25) is 5.95 Å². The zero-order valence-corrected chi connectivity index (χ0v) is 19.5. The third kappa shape index (κ3) is 4.89. The number of aromatic nitrogens is 5. The van der Waals surface area contributed by atoms with Crippen LogP contribution in [-0.4, -0.2) is 70.4 Å². The summed E-state index contributed by atoms with van der Waals surface area (Å²) in [6.07, 6.45) is 5.82. The molecule has 6 rings (SSSR count). The first-order chi connectivity index (χ1) is 17.3. The number of pyridine rings is 1. The second-order valence-electron chi connectivity index (χ2n) is 8.89. The van der Waals surface area contributed by atoms with E-state index in [0.29, 0.717) is 17.6 Å². The zero-order chi connectivity index (χ0) is 23.5. The lowest BCUT2D eigenvalue weighted by atomic mass is 10.1. The minimum Gasteiger partial charge on any atom is -0.378 e. The van der Waals surface area contributed by atoms with Gasteiger partial charge in [-0.25, -0.2) is 15.0 Å². The van der Waals surface area contributed by atoms with Crippen molar-refractivity contribution in [3.63, 3.8) is 0 Å². The number of imidazole rings is 1. The summed E-state index contributed by atoms with van der Waals surface area (Å²) in [7, 11) is 0. The Labute approximate surface area is 203 Å². The van der Waals surface area contributed by atoms with Gasteiger partial charge in [-0.05, 0) is 55.8 Å². The summed E-state index contributed by atoms with van der Waals surface area (Å²) in [5.41, 5.74) is 5.14. The summed E-state index contributed by atoms with van der Waals surface area (Å²) >= 11 is 0. The maximum Gasteiger partial charge on any atom is 0.229 e. The molecule has 5 heterocycles. The van der Waals surface area contributed by atoms with E-state index in [4.69, 9.17) is 9.72 Å². The third-order valence-electron chi connectivity index (χ3n) is 6.46. The Hall–Kier alpha value is -3.76.